The summed E-state index contributed by atoms with van der Waals surface area (Å²) in [4.78, 5) is 23.2. The number of carbonyl (C=O) groups is 2. The molecule has 0 saturated heterocycles. The highest BCUT2D eigenvalue weighted by Gasteiger charge is 2.32. The van der Waals surface area contributed by atoms with E-state index in [0.29, 0.717) is 18.1 Å². The molecule has 2 rings (SSSR count). The summed E-state index contributed by atoms with van der Waals surface area (Å²) in [6, 6.07) is 7.12. The maximum absolute atomic E-state index is 11.6. The number of esters is 2. The summed E-state index contributed by atoms with van der Waals surface area (Å²) in [6.07, 6.45) is -0.427. The molecule has 1 unspecified atom stereocenters. The number of carbonyl (C=O) groups excluding carboxylic acids is 2. The van der Waals surface area contributed by atoms with Gasteiger partial charge in [0.15, 0.2) is 0 Å². The van der Waals surface area contributed by atoms with Crippen molar-refractivity contribution in [3.63, 3.8) is 0 Å². The highest BCUT2D eigenvalue weighted by molar-refractivity contribution is 5.94. The topological polar surface area (TPSA) is 52.6 Å². The van der Waals surface area contributed by atoms with E-state index in [0.717, 1.165) is 5.56 Å². The van der Waals surface area contributed by atoms with Gasteiger partial charge in [-0.1, -0.05) is 32.0 Å². The molecule has 0 fully saturated rings. The van der Waals surface area contributed by atoms with Crippen molar-refractivity contribution in [3.05, 3.63) is 35.4 Å². The minimum absolute atomic E-state index is 0.0788. The Labute approximate surface area is 106 Å². The van der Waals surface area contributed by atoms with Crippen LogP contribution < -0.4 is 0 Å². The number of benzene rings is 1. The van der Waals surface area contributed by atoms with E-state index in [1.54, 1.807) is 18.2 Å². The molecule has 0 N–H and O–H groups in total. The predicted molar refractivity (Wildman–Crippen MR) is 65.0 cm³/mol. The average Bonchev–Trinajstić information content (AvgIpc) is 2.65. The van der Waals surface area contributed by atoms with Crippen molar-refractivity contribution in [1.82, 2.24) is 0 Å². The molecule has 1 atom stereocenters. The molecule has 18 heavy (non-hydrogen) atoms. The molecular weight excluding hydrogens is 232 g/mol. The molecule has 96 valence electrons. The molecule has 1 heterocycles. The lowest BCUT2D eigenvalue weighted by Gasteiger charge is -2.11. The van der Waals surface area contributed by atoms with Crippen LogP contribution in [0.2, 0.25) is 0 Å². The number of rotatable bonds is 4. The Balaban J connectivity index is 2.00. The van der Waals surface area contributed by atoms with Gasteiger partial charge in [-0.2, -0.15) is 0 Å². The highest BCUT2D eigenvalue weighted by atomic mass is 16.6. The zero-order chi connectivity index (χ0) is 13.1. The molecule has 1 aromatic rings. The second-order valence-electron chi connectivity index (χ2n) is 4.76. The maximum Gasteiger partial charge on any atom is 0.339 e. The fraction of sp³-hybridized carbons (Fsp3) is 0.429. The van der Waals surface area contributed by atoms with Gasteiger partial charge in [0.25, 0.3) is 0 Å². The summed E-state index contributed by atoms with van der Waals surface area (Å²) in [6.45, 7) is 4.33. The van der Waals surface area contributed by atoms with Gasteiger partial charge in [0.05, 0.1) is 18.6 Å². The second-order valence-corrected chi connectivity index (χ2v) is 4.76. The van der Waals surface area contributed by atoms with Crippen molar-refractivity contribution in [2.75, 3.05) is 6.61 Å². The minimum atomic E-state index is -0.506. The normalized spacial score (nSPS) is 17.5. The third-order valence-corrected chi connectivity index (χ3v) is 2.71. The van der Waals surface area contributed by atoms with E-state index in [2.05, 4.69) is 0 Å². The van der Waals surface area contributed by atoms with E-state index < -0.39 is 6.10 Å². The standard InChI is InChI=1S/C14H16O4/c1-9(2)8-17-13(15)7-12-10-5-3-4-6-11(10)14(16)18-12/h3-6,9,12H,7-8H2,1-2H3. The lowest BCUT2D eigenvalue weighted by molar-refractivity contribution is -0.146. The first-order chi connectivity index (χ1) is 8.58. The number of hydrogen-bond acceptors (Lipinski definition) is 4. The van der Waals surface area contributed by atoms with Crippen molar-refractivity contribution < 1.29 is 19.1 Å². The molecule has 0 saturated carbocycles. The molecule has 1 aliphatic heterocycles. The molecule has 0 bridgehead atoms. The Bertz CT molecular complexity index is 465. The van der Waals surface area contributed by atoms with Crippen molar-refractivity contribution >= 4 is 11.9 Å². The smallest absolute Gasteiger partial charge is 0.339 e. The van der Waals surface area contributed by atoms with Crippen LogP contribution in [0.25, 0.3) is 0 Å². The van der Waals surface area contributed by atoms with Crippen LogP contribution in [0.15, 0.2) is 24.3 Å². The minimum Gasteiger partial charge on any atom is -0.465 e. The maximum atomic E-state index is 11.6. The summed E-state index contributed by atoms with van der Waals surface area (Å²) >= 11 is 0. The lowest BCUT2D eigenvalue weighted by atomic mass is 10.0. The van der Waals surface area contributed by atoms with Crippen LogP contribution in [0.3, 0.4) is 0 Å². The van der Waals surface area contributed by atoms with Crippen LogP contribution >= 0.6 is 0 Å². The van der Waals surface area contributed by atoms with E-state index >= 15 is 0 Å². The fourth-order valence-electron chi connectivity index (χ4n) is 1.84. The third-order valence-electron chi connectivity index (χ3n) is 2.71. The van der Waals surface area contributed by atoms with Gasteiger partial charge in [-0.25, -0.2) is 4.79 Å². The number of hydrogen-bond donors (Lipinski definition) is 0. The summed E-state index contributed by atoms with van der Waals surface area (Å²) in [5.74, 6) is -0.405. The van der Waals surface area contributed by atoms with Gasteiger partial charge < -0.3 is 9.47 Å². The van der Waals surface area contributed by atoms with E-state index in [1.807, 2.05) is 19.9 Å². The van der Waals surface area contributed by atoms with E-state index in [1.165, 1.54) is 0 Å². The van der Waals surface area contributed by atoms with Gasteiger partial charge in [-0.05, 0) is 12.0 Å². The van der Waals surface area contributed by atoms with E-state index in [4.69, 9.17) is 9.47 Å². The number of fused-ring (bicyclic) bond motifs is 1. The molecule has 0 aliphatic carbocycles. The number of cyclic esters (lactones) is 1. The molecule has 0 radical (unpaired) electrons. The van der Waals surface area contributed by atoms with Gasteiger partial charge in [-0.15, -0.1) is 0 Å². The molecule has 1 aliphatic rings. The average molecular weight is 248 g/mol. The van der Waals surface area contributed by atoms with Gasteiger partial charge in [0.1, 0.15) is 6.10 Å². The Morgan fingerprint density at radius 3 is 2.83 bits per heavy atom. The van der Waals surface area contributed by atoms with Crippen LogP contribution in [-0.2, 0) is 14.3 Å². The van der Waals surface area contributed by atoms with Gasteiger partial charge in [-0.3, -0.25) is 4.79 Å². The molecule has 4 heteroatoms. The Morgan fingerprint density at radius 2 is 2.11 bits per heavy atom. The van der Waals surface area contributed by atoms with Crippen molar-refractivity contribution in [2.24, 2.45) is 5.92 Å². The Kier molecular flexibility index (Phi) is 3.65. The third kappa shape index (κ3) is 2.70. The van der Waals surface area contributed by atoms with Crippen LogP contribution in [0.1, 0.15) is 42.3 Å². The first kappa shape index (κ1) is 12.6. The monoisotopic (exact) mass is 248 g/mol. The zero-order valence-corrected chi connectivity index (χ0v) is 10.5. The SMILES string of the molecule is CC(C)COC(=O)CC1OC(=O)c2ccccc21. The van der Waals surface area contributed by atoms with Gasteiger partial charge >= 0.3 is 11.9 Å². The van der Waals surface area contributed by atoms with Crippen LogP contribution in [0.4, 0.5) is 0 Å². The molecule has 0 amide bonds. The quantitative estimate of drug-likeness (QED) is 0.768. The van der Waals surface area contributed by atoms with Gasteiger partial charge in [0.2, 0.25) is 0 Å². The van der Waals surface area contributed by atoms with Crippen molar-refractivity contribution in [2.45, 2.75) is 26.4 Å². The Hall–Kier alpha value is -1.84. The largest absolute Gasteiger partial charge is 0.465 e. The van der Waals surface area contributed by atoms with Crippen LogP contribution in [-0.4, -0.2) is 18.5 Å². The van der Waals surface area contributed by atoms with Crippen molar-refractivity contribution in [1.29, 1.82) is 0 Å². The summed E-state index contributed by atoms with van der Waals surface area (Å²) in [5, 5.41) is 0. The second kappa shape index (κ2) is 5.21. The lowest BCUT2D eigenvalue weighted by Crippen LogP contribution is -2.13. The first-order valence-electron chi connectivity index (χ1n) is 6.03. The zero-order valence-electron chi connectivity index (χ0n) is 10.5. The first-order valence-corrected chi connectivity index (χ1v) is 6.03. The Morgan fingerprint density at radius 1 is 1.39 bits per heavy atom. The molecular formula is C14H16O4. The van der Waals surface area contributed by atoms with Gasteiger partial charge in [0, 0.05) is 5.56 Å². The summed E-state index contributed by atoms with van der Waals surface area (Å²) in [5.41, 5.74) is 1.31. The predicted octanol–water partition coefficient (Wildman–Crippen LogP) is 2.49. The van der Waals surface area contributed by atoms with Crippen molar-refractivity contribution in [3.8, 4) is 0 Å². The van der Waals surface area contributed by atoms with E-state index in [9.17, 15) is 9.59 Å². The number of ether oxygens (including phenoxy) is 2. The highest BCUT2D eigenvalue weighted by Crippen LogP contribution is 2.32. The van der Waals surface area contributed by atoms with Crippen LogP contribution in [0.5, 0.6) is 0 Å². The molecule has 0 aromatic heterocycles. The van der Waals surface area contributed by atoms with E-state index in [-0.39, 0.29) is 18.4 Å². The van der Waals surface area contributed by atoms with Crippen LogP contribution in [0, 0.1) is 5.92 Å². The summed E-state index contributed by atoms with van der Waals surface area (Å²) in [7, 11) is 0. The molecule has 1 aromatic carbocycles. The fourth-order valence-corrected chi connectivity index (χ4v) is 1.84. The summed E-state index contributed by atoms with van der Waals surface area (Å²) < 4.78 is 10.3. The molecule has 0 spiro atoms. The molecule has 4 nitrogen and oxygen atoms in total.